The minimum Gasteiger partial charge on any atom is -0.339 e. The number of nitro groups is 2. The zero-order valence-electron chi connectivity index (χ0n) is 11.6. The third kappa shape index (κ3) is 2.99. The number of non-ortho nitro benzene ring substituents is 1. The molecule has 2 rings (SSSR count). The number of carbonyl (C=O) groups excluding carboxylic acids is 1. The fourth-order valence-electron chi connectivity index (χ4n) is 2.25. The van der Waals surface area contributed by atoms with Crippen LogP contribution >= 0.6 is 0 Å². The van der Waals surface area contributed by atoms with Gasteiger partial charge < -0.3 is 4.90 Å². The second kappa shape index (κ2) is 5.47. The standard InChI is InChI=1S/C13H15N3O5/c1-8(9-4-3-5-10(6-9)15(18)19)14(2)13(17)11-7-12(11)16(20)21/h3-6,8,11-12H,7H2,1-2H3/t8-,11+,12+/m1/s1. The fourth-order valence-corrected chi connectivity index (χ4v) is 2.25. The van der Waals surface area contributed by atoms with Crippen molar-refractivity contribution in [3.63, 3.8) is 0 Å². The van der Waals surface area contributed by atoms with Gasteiger partial charge in [-0.3, -0.25) is 25.0 Å². The number of amides is 1. The lowest BCUT2D eigenvalue weighted by atomic mass is 10.1. The molecule has 0 aromatic heterocycles. The van der Waals surface area contributed by atoms with Crippen molar-refractivity contribution in [2.75, 3.05) is 7.05 Å². The maximum atomic E-state index is 12.1. The van der Waals surface area contributed by atoms with Crippen LogP contribution in [0.3, 0.4) is 0 Å². The molecule has 0 aliphatic heterocycles. The summed E-state index contributed by atoms with van der Waals surface area (Å²) in [5.41, 5.74) is 0.577. The van der Waals surface area contributed by atoms with Gasteiger partial charge in [0.1, 0.15) is 5.92 Å². The molecule has 0 heterocycles. The number of hydrogen-bond donors (Lipinski definition) is 0. The summed E-state index contributed by atoms with van der Waals surface area (Å²) in [5, 5.41) is 21.4. The monoisotopic (exact) mass is 293 g/mol. The zero-order valence-corrected chi connectivity index (χ0v) is 11.6. The van der Waals surface area contributed by atoms with Gasteiger partial charge in [0, 0.05) is 30.5 Å². The molecule has 112 valence electrons. The van der Waals surface area contributed by atoms with Crippen molar-refractivity contribution in [2.24, 2.45) is 5.92 Å². The summed E-state index contributed by atoms with van der Waals surface area (Å²) in [5.74, 6) is -0.873. The smallest absolute Gasteiger partial charge is 0.269 e. The Bertz CT molecular complexity index is 603. The SMILES string of the molecule is C[C@H](c1cccc([N+](=O)[O-])c1)N(C)C(=O)[C@H]1C[C@@H]1[N+](=O)[O-]. The molecule has 1 aromatic rings. The van der Waals surface area contributed by atoms with Crippen molar-refractivity contribution in [2.45, 2.75) is 25.4 Å². The van der Waals surface area contributed by atoms with Crippen molar-refractivity contribution in [3.05, 3.63) is 50.1 Å². The van der Waals surface area contributed by atoms with Gasteiger partial charge in [-0.05, 0) is 12.5 Å². The molecule has 1 aliphatic rings. The zero-order chi connectivity index (χ0) is 15.7. The maximum absolute atomic E-state index is 12.1. The number of hydrogen-bond acceptors (Lipinski definition) is 5. The van der Waals surface area contributed by atoms with Crippen LogP contribution in [0.1, 0.15) is 24.9 Å². The van der Waals surface area contributed by atoms with E-state index in [1.54, 1.807) is 26.1 Å². The maximum Gasteiger partial charge on any atom is 0.269 e. The van der Waals surface area contributed by atoms with Crippen LogP contribution in [0, 0.1) is 26.1 Å². The summed E-state index contributed by atoms with van der Waals surface area (Å²) in [7, 11) is 1.56. The van der Waals surface area contributed by atoms with Crippen LogP contribution in [-0.2, 0) is 4.79 Å². The highest BCUT2D eigenvalue weighted by Gasteiger charge is 2.54. The topological polar surface area (TPSA) is 107 Å². The molecule has 1 aliphatic carbocycles. The van der Waals surface area contributed by atoms with Crippen LogP contribution in [0.2, 0.25) is 0 Å². The van der Waals surface area contributed by atoms with Crippen molar-refractivity contribution < 1.29 is 14.6 Å². The van der Waals surface area contributed by atoms with Crippen LogP contribution in [-0.4, -0.2) is 33.7 Å². The Balaban J connectivity index is 2.11. The van der Waals surface area contributed by atoms with E-state index in [4.69, 9.17) is 0 Å². The van der Waals surface area contributed by atoms with E-state index in [1.165, 1.54) is 17.0 Å². The molecule has 0 radical (unpaired) electrons. The molecule has 1 fully saturated rings. The van der Waals surface area contributed by atoms with E-state index >= 15 is 0 Å². The Morgan fingerprint density at radius 1 is 1.38 bits per heavy atom. The lowest BCUT2D eigenvalue weighted by Crippen LogP contribution is -2.32. The Morgan fingerprint density at radius 3 is 2.57 bits per heavy atom. The average molecular weight is 293 g/mol. The Labute approximate surface area is 120 Å². The summed E-state index contributed by atoms with van der Waals surface area (Å²) >= 11 is 0. The van der Waals surface area contributed by atoms with Gasteiger partial charge in [-0.25, -0.2) is 0 Å². The molecule has 1 amide bonds. The third-order valence-electron chi connectivity index (χ3n) is 3.84. The van der Waals surface area contributed by atoms with E-state index in [9.17, 15) is 25.0 Å². The normalized spacial score (nSPS) is 21.4. The Kier molecular flexibility index (Phi) is 3.88. The molecule has 0 unspecified atom stereocenters. The molecule has 0 bridgehead atoms. The minimum atomic E-state index is -0.794. The van der Waals surface area contributed by atoms with Crippen LogP contribution in [0.25, 0.3) is 0 Å². The molecule has 1 aromatic carbocycles. The lowest BCUT2D eigenvalue weighted by molar-refractivity contribution is -0.497. The predicted octanol–water partition coefficient (Wildman–Crippen LogP) is 1.78. The van der Waals surface area contributed by atoms with E-state index in [-0.39, 0.29) is 24.1 Å². The number of nitro benzene ring substituents is 1. The average Bonchev–Trinajstić information content (AvgIpc) is 3.25. The second-order valence-corrected chi connectivity index (χ2v) is 5.17. The van der Waals surface area contributed by atoms with Gasteiger partial charge in [0.25, 0.3) is 5.69 Å². The fraction of sp³-hybridized carbons (Fsp3) is 0.462. The minimum absolute atomic E-state index is 0.0465. The molecular formula is C13H15N3O5. The van der Waals surface area contributed by atoms with Crippen molar-refractivity contribution in [1.82, 2.24) is 4.90 Å². The summed E-state index contributed by atoms with van der Waals surface area (Å²) in [4.78, 5) is 34.0. The lowest BCUT2D eigenvalue weighted by Gasteiger charge is -2.25. The highest BCUT2D eigenvalue weighted by atomic mass is 16.6. The quantitative estimate of drug-likeness (QED) is 0.607. The van der Waals surface area contributed by atoms with E-state index in [0.717, 1.165) is 0 Å². The van der Waals surface area contributed by atoms with Crippen molar-refractivity contribution in [3.8, 4) is 0 Å². The van der Waals surface area contributed by atoms with E-state index < -0.39 is 21.8 Å². The first-order valence-electron chi connectivity index (χ1n) is 6.47. The molecule has 0 saturated heterocycles. The molecule has 0 N–H and O–H groups in total. The number of benzene rings is 1. The number of nitrogens with zero attached hydrogens (tertiary/aromatic N) is 3. The van der Waals surface area contributed by atoms with Gasteiger partial charge in [-0.2, -0.15) is 0 Å². The van der Waals surface area contributed by atoms with Crippen molar-refractivity contribution >= 4 is 11.6 Å². The highest BCUT2D eigenvalue weighted by molar-refractivity contribution is 5.82. The van der Waals surface area contributed by atoms with Gasteiger partial charge >= 0.3 is 0 Å². The van der Waals surface area contributed by atoms with Gasteiger partial charge in [0.05, 0.1) is 11.0 Å². The van der Waals surface area contributed by atoms with E-state index in [1.807, 2.05) is 0 Å². The first-order chi connectivity index (χ1) is 9.82. The Hall–Kier alpha value is -2.51. The van der Waals surface area contributed by atoms with Gasteiger partial charge in [0.2, 0.25) is 11.9 Å². The molecule has 8 heteroatoms. The largest absolute Gasteiger partial charge is 0.339 e. The first kappa shape index (κ1) is 14.9. The van der Waals surface area contributed by atoms with Crippen LogP contribution in [0.4, 0.5) is 5.69 Å². The summed E-state index contributed by atoms with van der Waals surface area (Å²) < 4.78 is 0. The van der Waals surface area contributed by atoms with Gasteiger partial charge in [-0.1, -0.05) is 12.1 Å². The summed E-state index contributed by atoms with van der Waals surface area (Å²) in [6.45, 7) is 1.74. The molecule has 21 heavy (non-hydrogen) atoms. The molecule has 0 spiro atoms. The van der Waals surface area contributed by atoms with Gasteiger partial charge in [-0.15, -0.1) is 0 Å². The third-order valence-corrected chi connectivity index (χ3v) is 3.84. The van der Waals surface area contributed by atoms with Crippen LogP contribution in [0.15, 0.2) is 24.3 Å². The van der Waals surface area contributed by atoms with Gasteiger partial charge in [0.15, 0.2) is 0 Å². The molecular weight excluding hydrogens is 278 g/mol. The number of rotatable bonds is 5. The summed E-state index contributed by atoms with van der Waals surface area (Å²) in [6, 6.07) is 4.86. The van der Waals surface area contributed by atoms with E-state index in [0.29, 0.717) is 5.56 Å². The molecule has 8 nitrogen and oxygen atoms in total. The molecule has 3 atom stereocenters. The predicted molar refractivity (Wildman–Crippen MR) is 73.2 cm³/mol. The van der Waals surface area contributed by atoms with Crippen LogP contribution < -0.4 is 0 Å². The summed E-state index contributed by atoms with van der Waals surface area (Å²) in [6.07, 6.45) is 0.262. The molecule has 1 saturated carbocycles. The van der Waals surface area contributed by atoms with Crippen LogP contribution in [0.5, 0.6) is 0 Å². The van der Waals surface area contributed by atoms with E-state index in [2.05, 4.69) is 0 Å². The second-order valence-electron chi connectivity index (χ2n) is 5.17. The highest BCUT2D eigenvalue weighted by Crippen LogP contribution is 2.36. The Morgan fingerprint density at radius 2 is 2.05 bits per heavy atom. The number of carbonyl (C=O) groups is 1. The first-order valence-corrected chi connectivity index (χ1v) is 6.47. The van der Waals surface area contributed by atoms with Crippen molar-refractivity contribution in [1.29, 1.82) is 0 Å².